The van der Waals surface area contributed by atoms with Gasteiger partial charge in [-0.1, -0.05) is 12.2 Å². The minimum absolute atomic E-state index is 0.0128. The first-order valence-corrected chi connectivity index (χ1v) is 6.66. The zero-order valence-corrected chi connectivity index (χ0v) is 12.3. The Morgan fingerprint density at radius 1 is 1.22 bits per heavy atom. The Kier molecular flexibility index (Phi) is 4.71. The molecule has 0 aliphatic heterocycles. The molecule has 0 unspecified atom stereocenters. The van der Waals surface area contributed by atoms with Gasteiger partial charge in [0.15, 0.2) is 5.76 Å². The van der Waals surface area contributed by atoms with Crippen LogP contribution in [-0.2, 0) is 6.18 Å². The number of halogens is 3. The second-order valence-electron chi connectivity index (χ2n) is 4.41. The second-order valence-corrected chi connectivity index (χ2v) is 4.82. The summed E-state index contributed by atoms with van der Waals surface area (Å²) >= 11 is 5.08. The van der Waals surface area contributed by atoms with Crippen molar-refractivity contribution in [2.75, 3.05) is 5.32 Å². The van der Waals surface area contributed by atoms with Crippen molar-refractivity contribution in [3.05, 3.63) is 59.6 Å². The number of hydrogen-bond donors (Lipinski definition) is 2. The molecule has 0 bridgehead atoms. The Morgan fingerprint density at radius 2 is 1.87 bits per heavy atom. The third kappa shape index (κ3) is 3.90. The molecule has 2 rings (SSSR count). The third-order valence-electron chi connectivity index (χ3n) is 2.86. The summed E-state index contributed by atoms with van der Waals surface area (Å²) in [6.07, 6.45) is -3.02. The summed E-state index contributed by atoms with van der Waals surface area (Å²) in [7, 11) is 0. The first-order valence-electron chi connectivity index (χ1n) is 6.25. The van der Waals surface area contributed by atoms with Gasteiger partial charge in [-0.05, 0) is 36.4 Å². The van der Waals surface area contributed by atoms with Crippen LogP contribution >= 0.6 is 12.2 Å². The number of nitrogens with two attached hydrogens (primary N) is 1. The molecule has 0 radical (unpaired) electrons. The fourth-order valence-corrected chi connectivity index (χ4v) is 2.00. The van der Waals surface area contributed by atoms with Crippen LogP contribution in [0.1, 0.15) is 11.3 Å². The predicted molar refractivity (Wildman–Crippen MR) is 83.1 cm³/mol. The van der Waals surface area contributed by atoms with Crippen LogP contribution in [0.25, 0.3) is 5.70 Å². The standard InChI is InChI=1S/C15H10F3N3OS/c16-15(17,18)9-3-5-10(6-4-9)21-14(23)11(8-19)13(20)12-2-1-7-22-12/h1-7H,20H2,(H,21,23)/b13-11-. The predicted octanol–water partition coefficient (Wildman–Crippen LogP) is 3.93. The molecule has 118 valence electrons. The Labute approximate surface area is 135 Å². The number of nitrogens with zero attached hydrogens (tertiary/aromatic N) is 1. The highest BCUT2D eigenvalue weighted by Crippen LogP contribution is 2.30. The van der Waals surface area contributed by atoms with Crippen LogP contribution in [-0.4, -0.2) is 4.99 Å². The molecule has 0 saturated carbocycles. The van der Waals surface area contributed by atoms with Gasteiger partial charge in [-0.15, -0.1) is 0 Å². The van der Waals surface area contributed by atoms with E-state index in [2.05, 4.69) is 5.32 Å². The van der Waals surface area contributed by atoms with Crippen molar-refractivity contribution in [2.24, 2.45) is 5.73 Å². The molecule has 2 aromatic rings. The molecule has 1 aromatic heterocycles. The van der Waals surface area contributed by atoms with E-state index < -0.39 is 11.7 Å². The molecule has 3 N–H and O–H groups in total. The van der Waals surface area contributed by atoms with E-state index in [1.54, 1.807) is 12.1 Å². The lowest BCUT2D eigenvalue weighted by atomic mass is 10.1. The Bertz CT molecular complexity index is 772. The van der Waals surface area contributed by atoms with E-state index in [1.807, 2.05) is 6.07 Å². The topological polar surface area (TPSA) is 75.0 Å². The first-order chi connectivity index (χ1) is 10.8. The average molecular weight is 337 g/mol. The Morgan fingerprint density at radius 3 is 2.35 bits per heavy atom. The largest absolute Gasteiger partial charge is 0.463 e. The highest BCUT2D eigenvalue weighted by atomic mass is 32.1. The maximum absolute atomic E-state index is 12.5. The zero-order valence-electron chi connectivity index (χ0n) is 11.5. The number of furan rings is 1. The molecule has 4 nitrogen and oxygen atoms in total. The highest BCUT2D eigenvalue weighted by molar-refractivity contribution is 7.81. The van der Waals surface area contributed by atoms with E-state index in [1.165, 1.54) is 18.4 Å². The quantitative estimate of drug-likeness (QED) is 0.504. The Hall–Kier alpha value is -2.79. The van der Waals surface area contributed by atoms with Crippen molar-refractivity contribution in [3.63, 3.8) is 0 Å². The van der Waals surface area contributed by atoms with Gasteiger partial charge in [-0.2, -0.15) is 18.4 Å². The zero-order chi connectivity index (χ0) is 17.0. The van der Waals surface area contributed by atoms with E-state index in [0.717, 1.165) is 12.1 Å². The van der Waals surface area contributed by atoms with Crippen LogP contribution < -0.4 is 11.1 Å². The number of anilines is 1. The smallest absolute Gasteiger partial charge is 0.416 e. The monoisotopic (exact) mass is 337 g/mol. The number of nitrogens with one attached hydrogen (secondary N) is 1. The van der Waals surface area contributed by atoms with Gasteiger partial charge in [-0.25, -0.2) is 0 Å². The lowest BCUT2D eigenvalue weighted by Gasteiger charge is -2.10. The molecule has 1 aromatic carbocycles. The van der Waals surface area contributed by atoms with Crippen molar-refractivity contribution >= 4 is 28.6 Å². The number of nitriles is 1. The third-order valence-corrected chi connectivity index (χ3v) is 3.17. The van der Waals surface area contributed by atoms with Crippen molar-refractivity contribution in [3.8, 4) is 6.07 Å². The van der Waals surface area contributed by atoms with Gasteiger partial charge in [0.1, 0.15) is 16.6 Å². The molecular formula is C15H10F3N3OS. The van der Waals surface area contributed by atoms with Crippen LogP contribution in [0, 0.1) is 11.3 Å². The van der Waals surface area contributed by atoms with E-state index >= 15 is 0 Å². The van der Waals surface area contributed by atoms with Crippen LogP contribution in [0.4, 0.5) is 18.9 Å². The van der Waals surface area contributed by atoms with Gasteiger partial charge in [0.25, 0.3) is 0 Å². The van der Waals surface area contributed by atoms with Gasteiger partial charge in [0, 0.05) is 5.69 Å². The highest BCUT2D eigenvalue weighted by Gasteiger charge is 2.30. The fourth-order valence-electron chi connectivity index (χ4n) is 1.72. The lowest BCUT2D eigenvalue weighted by molar-refractivity contribution is -0.137. The minimum Gasteiger partial charge on any atom is -0.463 e. The molecule has 0 fully saturated rings. The number of hydrogen-bond acceptors (Lipinski definition) is 4. The molecule has 1 heterocycles. The summed E-state index contributed by atoms with van der Waals surface area (Å²) in [6.45, 7) is 0. The number of benzene rings is 1. The number of thiocarbonyl (C=S) groups is 1. The van der Waals surface area contributed by atoms with E-state index in [0.29, 0.717) is 5.69 Å². The summed E-state index contributed by atoms with van der Waals surface area (Å²) in [4.78, 5) is -0.0128. The summed E-state index contributed by atoms with van der Waals surface area (Å²) < 4.78 is 42.6. The maximum Gasteiger partial charge on any atom is 0.416 e. The summed E-state index contributed by atoms with van der Waals surface area (Å²) in [6, 6.07) is 9.28. The molecule has 0 aliphatic rings. The van der Waals surface area contributed by atoms with Crippen molar-refractivity contribution in [1.82, 2.24) is 0 Å². The summed E-state index contributed by atoms with van der Waals surface area (Å²) in [5.74, 6) is 0.276. The van der Waals surface area contributed by atoms with Crippen molar-refractivity contribution in [1.29, 1.82) is 5.26 Å². The molecule has 0 atom stereocenters. The maximum atomic E-state index is 12.5. The first kappa shape index (κ1) is 16.6. The fraction of sp³-hybridized carbons (Fsp3) is 0.0667. The number of rotatable bonds is 3. The molecule has 0 aliphatic carbocycles. The molecule has 23 heavy (non-hydrogen) atoms. The minimum atomic E-state index is -4.42. The van der Waals surface area contributed by atoms with Crippen LogP contribution in [0.2, 0.25) is 0 Å². The molecule has 8 heteroatoms. The van der Waals surface area contributed by atoms with Crippen LogP contribution in [0.15, 0.2) is 52.7 Å². The van der Waals surface area contributed by atoms with E-state index in [9.17, 15) is 18.4 Å². The van der Waals surface area contributed by atoms with Crippen molar-refractivity contribution in [2.45, 2.75) is 6.18 Å². The summed E-state index contributed by atoms with van der Waals surface area (Å²) in [5, 5.41) is 11.9. The molecule has 0 saturated heterocycles. The van der Waals surface area contributed by atoms with Crippen molar-refractivity contribution < 1.29 is 17.6 Å². The average Bonchev–Trinajstić information content (AvgIpc) is 3.01. The molecule has 0 spiro atoms. The number of alkyl halides is 3. The molecular weight excluding hydrogens is 327 g/mol. The summed E-state index contributed by atoms with van der Waals surface area (Å²) in [5.41, 5.74) is 5.36. The van der Waals surface area contributed by atoms with E-state index in [4.69, 9.17) is 22.4 Å². The second kappa shape index (κ2) is 6.54. The normalized spacial score (nSPS) is 12.3. The Balaban J connectivity index is 2.21. The van der Waals surface area contributed by atoms with Gasteiger partial charge < -0.3 is 15.5 Å². The van der Waals surface area contributed by atoms with Gasteiger partial charge in [-0.3, -0.25) is 0 Å². The SMILES string of the molecule is N#C/C(C(=S)Nc1ccc(C(F)(F)F)cc1)=C(/N)c1ccco1. The lowest BCUT2D eigenvalue weighted by Crippen LogP contribution is -2.15. The van der Waals surface area contributed by atoms with Crippen LogP contribution in [0.5, 0.6) is 0 Å². The van der Waals surface area contributed by atoms with Gasteiger partial charge in [0.05, 0.1) is 17.5 Å². The van der Waals surface area contributed by atoms with Crippen LogP contribution in [0.3, 0.4) is 0 Å². The van der Waals surface area contributed by atoms with E-state index in [-0.39, 0.29) is 22.0 Å². The van der Waals surface area contributed by atoms with Gasteiger partial charge >= 0.3 is 6.18 Å². The molecule has 0 amide bonds. The van der Waals surface area contributed by atoms with Gasteiger partial charge in [0.2, 0.25) is 0 Å².